The maximum absolute atomic E-state index is 5.78. The standard InChI is InChI=1S/C13H23N3O/c1-3-14-12(13-5-4-10-17-13)7-6-11-8-9-15-16(11)2/h8-9,12-14H,3-7,10H2,1-2H3. The Hall–Kier alpha value is -0.870. The molecule has 1 aromatic heterocycles. The lowest BCUT2D eigenvalue weighted by molar-refractivity contribution is 0.0761. The predicted molar refractivity (Wildman–Crippen MR) is 68.0 cm³/mol. The molecule has 1 saturated heterocycles. The Balaban J connectivity index is 1.86. The van der Waals surface area contributed by atoms with E-state index in [9.17, 15) is 0 Å². The highest BCUT2D eigenvalue weighted by Gasteiger charge is 2.25. The van der Waals surface area contributed by atoms with Crippen LogP contribution in [0.1, 0.15) is 31.9 Å². The molecule has 1 aliphatic rings. The molecule has 96 valence electrons. The molecule has 0 aromatic carbocycles. The molecule has 4 nitrogen and oxygen atoms in total. The topological polar surface area (TPSA) is 39.1 Å². The molecule has 1 N–H and O–H groups in total. The summed E-state index contributed by atoms with van der Waals surface area (Å²) in [5.41, 5.74) is 1.30. The molecule has 1 aliphatic heterocycles. The molecule has 1 aromatic rings. The van der Waals surface area contributed by atoms with Gasteiger partial charge in [0.15, 0.2) is 0 Å². The van der Waals surface area contributed by atoms with Gasteiger partial charge in [0.1, 0.15) is 0 Å². The zero-order valence-corrected chi connectivity index (χ0v) is 10.9. The van der Waals surface area contributed by atoms with Gasteiger partial charge in [0.2, 0.25) is 0 Å². The van der Waals surface area contributed by atoms with Crippen LogP contribution < -0.4 is 5.32 Å². The van der Waals surface area contributed by atoms with Crippen molar-refractivity contribution < 1.29 is 4.74 Å². The summed E-state index contributed by atoms with van der Waals surface area (Å²) >= 11 is 0. The highest BCUT2D eigenvalue weighted by molar-refractivity contribution is 5.01. The van der Waals surface area contributed by atoms with Crippen LogP contribution in [0, 0.1) is 0 Å². The number of rotatable bonds is 6. The van der Waals surface area contributed by atoms with Crippen molar-refractivity contribution in [2.45, 2.75) is 44.8 Å². The van der Waals surface area contributed by atoms with Crippen LogP contribution in [0.15, 0.2) is 12.3 Å². The van der Waals surface area contributed by atoms with Crippen LogP contribution >= 0.6 is 0 Å². The summed E-state index contributed by atoms with van der Waals surface area (Å²) in [6.07, 6.45) is 6.86. The molecule has 17 heavy (non-hydrogen) atoms. The van der Waals surface area contributed by atoms with E-state index in [1.165, 1.54) is 18.5 Å². The summed E-state index contributed by atoms with van der Waals surface area (Å²) in [4.78, 5) is 0. The first-order valence-electron chi connectivity index (χ1n) is 6.63. The summed E-state index contributed by atoms with van der Waals surface area (Å²) < 4.78 is 7.74. The van der Waals surface area contributed by atoms with Gasteiger partial charge in [0.05, 0.1) is 6.10 Å². The first kappa shape index (κ1) is 12.6. The summed E-state index contributed by atoms with van der Waals surface area (Å²) in [6, 6.07) is 2.58. The van der Waals surface area contributed by atoms with Crippen molar-refractivity contribution in [1.29, 1.82) is 0 Å². The zero-order chi connectivity index (χ0) is 12.1. The van der Waals surface area contributed by atoms with Gasteiger partial charge in [-0.2, -0.15) is 5.10 Å². The second-order valence-corrected chi connectivity index (χ2v) is 4.70. The highest BCUT2D eigenvalue weighted by Crippen LogP contribution is 2.19. The Morgan fingerprint density at radius 2 is 2.53 bits per heavy atom. The van der Waals surface area contributed by atoms with E-state index < -0.39 is 0 Å². The number of ether oxygens (including phenoxy) is 1. The molecular formula is C13H23N3O. The van der Waals surface area contributed by atoms with Gasteiger partial charge >= 0.3 is 0 Å². The van der Waals surface area contributed by atoms with E-state index in [4.69, 9.17) is 4.74 Å². The van der Waals surface area contributed by atoms with Crippen LogP contribution in [0.2, 0.25) is 0 Å². The summed E-state index contributed by atoms with van der Waals surface area (Å²) in [5, 5.41) is 7.75. The second kappa shape index (κ2) is 6.17. The number of hydrogen-bond donors (Lipinski definition) is 1. The molecule has 2 heterocycles. The molecular weight excluding hydrogens is 214 g/mol. The van der Waals surface area contributed by atoms with Crippen LogP contribution in [-0.4, -0.2) is 35.1 Å². The average Bonchev–Trinajstić information content (AvgIpc) is 2.96. The SMILES string of the molecule is CCNC(CCc1ccnn1C)C1CCCO1. The Kier molecular flexibility index (Phi) is 4.57. The average molecular weight is 237 g/mol. The van der Waals surface area contributed by atoms with Crippen LogP contribution in [0.4, 0.5) is 0 Å². The third-order valence-electron chi connectivity index (χ3n) is 3.51. The van der Waals surface area contributed by atoms with Crippen LogP contribution in [-0.2, 0) is 18.2 Å². The largest absolute Gasteiger partial charge is 0.377 e. The Morgan fingerprint density at radius 1 is 1.65 bits per heavy atom. The first-order valence-corrected chi connectivity index (χ1v) is 6.63. The maximum Gasteiger partial charge on any atom is 0.0728 e. The number of nitrogens with one attached hydrogen (secondary N) is 1. The molecule has 4 heteroatoms. The van der Waals surface area contributed by atoms with Gasteiger partial charge in [-0.05, 0) is 38.3 Å². The van der Waals surface area contributed by atoms with Gasteiger partial charge in [0, 0.05) is 31.6 Å². The van der Waals surface area contributed by atoms with Crippen molar-refractivity contribution in [3.8, 4) is 0 Å². The maximum atomic E-state index is 5.78. The first-order chi connectivity index (χ1) is 8.31. The zero-order valence-electron chi connectivity index (χ0n) is 10.9. The van der Waals surface area contributed by atoms with E-state index in [1.54, 1.807) is 0 Å². The van der Waals surface area contributed by atoms with E-state index in [1.807, 2.05) is 17.9 Å². The lowest BCUT2D eigenvalue weighted by atomic mass is 10.0. The van der Waals surface area contributed by atoms with E-state index in [0.29, 0.717) is 12.1 Å². The molecule has 2 unspecified atom stereocenters. The molecule has 1 fully saturated rings. The molecule has 0 saturated carbocycles. The van der Waals surface area contributed by atoms with Gasteiger partial charge in [-0.1, -0.05) is 6.92 Å². The molecule has 0 bridgehead atoms. The molecule has 2 atom stereocenters. The van der Waals surface area contributed by atoms with E-state index in [0.717, 1.165) is 26.0 Å². The van der Waals surface area contributed by atoms with Gasteiger partial charge in [0.25, 0.3) is 0 Å². The normalized spacial score (nSPS) is 21.9. The van der Waals surface area contributed by atoms with Crippen LogP contribution in [0.3, 0.4) is 0 Å². The summed E-state index contributed by atoms with van der Waals surface area (Å²) in [6.45, 7) is 4.10. The third kappa shape index (κ3) is 3.30. The number of nitrogens with zero attached hydrogens (tertiary/aromatic N) is 2. The fourth-order valence-electron chi connectivity index (χ4n) is 2.55. The lowest BCUT2D eigenvalue weighted by Gasteiger charge is -2.23. The van der Waals surface area contributed by atoms with Gasteiger partial charge in [-0.15, -0.1) is 0 Å². The van der Waals surface area contributed by atoms with E-state index in [-0.39, 0.29) is 0 Å². The summed E-state index contributed by atoms with van der Waals surface area (Å²) in [5.74, 6) is 0. The van der Waals surface area contributed by atoms with Crippen LogP contribution in [0.5, 0.6) is 0 Å². The van der Waals surface area contributed by atoms with Gasteiger partial charge < -0.3 is 10.1 Å². The van der Waals surface area contributed by atoms with Crippen molar-refractivity contribution in [2.75, 3.05) is 13.2 Å². The number of aromatic nitrogens is 2. The summed E-state index contributed by atoms with van der Waals surface area (Å²) in [7, 11) is 2.00. The highest BCUT2D eigenvalue weighted by atomic mass is 16.5. The van der Waals surface area contributed by atoms with Crippen LogP contribution in [0.25, 0.3) is 0 Å². The predicted octanol–water partition coefficient (Wildman–Crippen LogP) is 1.51. The Bertz CT molecular complexity index is 331. The molecule has 0 spiro atoms. The number of aryl methyl sites for hydroxylation is 2. The van der Waals surface area contributed by atoms with Crippen molar-refractivity contribution in [2.24, 2.45) is 7.05 Å². The monoisotopic (exact) mass is 237 g/mol. The van der Waals surface area contributed by atoms with E-state index >= 15 is 0 Å². The second-order valence-electron chi connectivity index (χ2n) is 4.70. The Labute approximate surface area is 103 Å². The molecule has 2 rings (SSSR count). The number of hydrogen-bond acceptors (Lipinski definition) is 3. The molecule has 0 amide bonds. The number of likely N-dealkylation sites (N-methyl/N-ethyl adjacent to an activating group) is 1. The van der Waals surface area contributed by atoms with Crippen molar-refractivity contribution in [3.05, 3.63) is 18.0 Å². The smallest absolute Gasteiger partial charge is 0.0728 e. The fraction of sp³-hybridized carbons (Fsp3) is 0.769. The fourth-order valence-corrected chi connectivity index (χ4v) is 2.55. The van der Waals surface area contributed by atoms with Crippen molar-refractivity contribution >= 4 is 0 Å². The van der Waals surface area contributed by atoms with Crippen molar-refractivity contribution in [1.82, 2.24) is 15.1 Å². The Morgan fingerprint density at radius 3 is 3.12 bits per heavy atom. The minimum absolute atomic E-state index is 0.406. The van der Waals surface area contributed by atoms with Crippen molar-refractivity contribution in [3.63, 3.8) is 0 Å². The quantitative estimate of drug-likeness (QED) is 0.815. The van der Waals surface area contributed by atoms with Gasteiger partial charge in [-0.25, -0.2) is 0 Å². The minimum atomic E-state index is 0.406. The molecule has 0 aliphatic carbocycles. The minimum Gasteiger partial charge on any atom is -0.377 e. The van der Waals surface area contributed by atoms with Gasteiger partial charge in [-0.3, -0.25) is 4.68 Å². The van der Waals surface area contributed by atoms with E-state index in [2.05, 4.69) is 23.4 Å². The third-order valence-corrected chi connectivity index (χ3v) is 3.51. The lowest BCUT2D eigenvalue weighted by Crippen LogP contribution is -2.39. The molecule has 0 radical (unpaired) electrons.